The highest BCUT2D eigenvalue weighted by atomic mass is 32.2. The first-order valence-electron chi connectivity index (χ1n) is 7.66. The Morgan fingerprint density at radius 1 is 1.32 bits per heavy atom. The largest absolute Gasteiger partial charge is 0.495 e. The van der Waals surface area contributed by atoms with Gasteiger partial charge in [-0.25, -0.2) is 12.7 Å². The summed E-state index contributed by atoms with van der Waals surface area (Å²) >= 11 is 0. The SMILES string of the molecule is COc1ccc(C(=O)N2CCC(C)(C(=O)O)C2)cc1S(=O)(=O)N(C)C. The van der Waals surface area contributed by atoms with Gasteiger partial charge in [0, 0.05) is 32.7 Å². The van der Waals surface area contributed by atoms with Crippen molar-refractivity contribution < 1.29 is 27.9 Å². The standard InChI is InChI=1S/C16H22N2O6S/c1-16(15(20)21)7-8-18(10-16)14(19)11-5-6-12(24-4)13(9-11)25(22,23)17(2)3/h5-6,9H,7-8,10H2,1-4H3,(H,20,21). The number of carboxylic acid groups (broad SMARTS) is 1. The predicted molar refractivity (Wildman–Crippen MR) is 90.1 cm³/mol. The number of carbonyl (C=O) groups excluding carboxylic acids is 1. The molecule has 1 aromatic rings. The van der Waals surface area contributed by atoms with Gasteiger partial charge in [0.2, 0.25) is 10.0 Å². The Hall–Kier alpha value is -2.13. The first-order valence-corrected chi connectivity index (χ1v) is 9.10. The number of carbonyl (C=O) groups is 2. The molecule has 0 radical (unpaired) electrons. The van der Waals surface area contributed by atoms with Gasteiger partial charge in [-0.1, -0.05) is 0 Å². The predicted octanol–water partition coefficient (Wildman–Crippen LogP) is 0.882. The molecule has 0 aromatic heterocycles. The van der Waals surface area contributed by atoms with Gasteiger partial charge < -0.3 is 14.7 Å². The zero-order chi connectivity index (χ0) is 19.0. The number of carboxylic acids is 1. The van der Waals surface area contributed by atoms with Crippen LogP contribution >= 0.6 is 0 Å². The Kier molecular flexibility index (Phi) is 5.10. The van der Waals surface area contributed by atoms with Gasteiger partial charge in [-0.15, -0.1) is 0 Å². The van der Waals surface area contributed by atoms with Crippen molar-refractivity contribution in [3.8, 4) is 5.75 Å². The van der Waals surface area contributed by atoms with E-state index in [0.717, 1.165) is 4.31 Å². The third-order valence-electron chi connectivity index (χ3n) is 4.45. The summed E-state index contributed by atoms with van der Waals surface area (Å²) in [6.07, 6.45) is 0.354. The maximum atomic E-state index is 12.7. The smallest absolute Gasteiger partial charge is 0.311 e. The van der Waals surface area contributed by atoms with Crippen LogP contribution in [0, 0.1) is 5.41 Å². The average molecular weight is 370 g/mol. The second-order valence-electron chi connectivity index (χ2n) is 6.50. The molecule has 0 saturated carbocycles. The Morgan fingerprint density at radius 3 is 2.44 bits per heavy atom. The maximum absolute atomic E-state index is 12.7. The van der Waals surface area contributed by atoms with Crippen molar-refractivity contribution in [3.63, 3.8) is 0 Å². The van der Waals surface area contributed by atoms with E-state index in [-0.39, 0.29) is 22.8 Å². The Balaban J connectivity index is 2.38. The van der Waals surface area contributed by atoms with E-state index in [1.807, 2.05) is 0 Å². The van der Waals surface area contributed by atoms with E-state index < -0.39 is 27.3 Å². The summed E-state index contributed by atoms with van der Waals surface area (Å²) in [6.45, 7) is 1.99. The summed E-state index contributed by atoms with van der Waals surface area (Å²) in [6, 6.07) is 4.18. The van der Waals surface area contributed by atoms with Gasteiger partial charge in [0.15, 0.2) is 0 Å². The Labute approximate surface area is 147 Å². The van der Waals surface area contributed by atoms with Crippen molar-refractivity contribution in [2.24, 2.45) is 5.41 Å². The normalized spacial score (nSPS) is 20.8. The van der Waals surface area contributed by atoms with Gasteiger partial charge in [-0.05, 0) is 31.5 Å². The molecule has 1 atom stereocenters. The molecule has 1 aliphatic heterocycles. The van der Waals surface area contributed by atoms with E-state index >= 15 is 0 Å². The van der Waals surface area contributed by atoms with Crippen LogP contribution in [0.25, 0.3) is 0 Å². The van der Waals surface area contributed by atoms with E-state index in [1.165, 1.54) is 44.3 Å². The van der Waals surface area contributed by atoms with Crippen LogP contribution in [0.5, 0.6) is 5.75 Å². The summed E-state index contributed by atoms with van der Waals surface area (Å²) < 4.78 is 31.0. The summed E-state index contributed by atoms with van der Waals surface area (Å²) in [7, 11) is 0.341. The van der Waals surface area contributed by atoms with Crippen LogP contribution < -0.4 is 4.74 Å². The molecule has 1 aliphatic rings. The summed E-state index contributed by atoms with van der Waals surface area (Å²) in [5, 5.41) is 9.28. The number of nitrogens with zero attached hydrogens (tertiary/aromatic N) is 2. The third-order valence-corrected chi connectivity index (χ3v) is 6.28. The van der Waals surface area contributed by atoms with Crippen LogP contribution in [0.2, 0.25) is 0 Å². The van der Waals surface area contributed by atoms with Gasteiger partial charge in [0.05, 0.1) is 12.5 Å². The lowest BCUT2D eigenvalue weighted by molar-refractivity contribution is -0.147. The number of likely N-dealkylation sites (tertiary alicyclic amines) is 1. The Morgan fingerprint density at radius 2 is 1.96 bits per heavy atom. The summed E-state index contributed by atoms with van der Waals surface area (Å²) in [5.74, 6) is -1.21. The van der Waals surface area contributed by atoms with Gasteiger partial charge in [0.1, 0.15) is 10.6 Å². The lowest BCUT2D eigenvalue weighted by Crippen LogP contribution is -2.35. The van der Waals surface area contributed by atoms with Crippen LogP contribution in [0.1, 0.15) is 23.7 Å². The molecule has 25 heavy (non-hydrogen) atoms. The molecule has 0 aliphatic carbocycles. The molecule has 1 saturated heterocycles. The zero-order valence-corrected chi connectivity index (χ0v) is 15.5. The molecule has 1 unspecified atom stereocenters. The minimum absolute atomic E-state index is 0.0863. The maximum Gasteiger partial charge on any atom is 0.311 e. The number of amides is 1. The number of ether oxygens (including phenoxy) is 1. The van der Waals surface area contributed by atoms with Crippen molar-refractivity contribution >= 4 is 21.9 Å². The lowest BCUT2D eigenvalue weighted by Gasteiger charge is -2.21. The van der Waals surface area contributed by atoms with Crippen LogP contribution in [-0.2, 0) is 14.8 Å². The zero-order valence-electron chi connectivity index (χ0n) is 14.6. The average Bonchev–Trinajstić information content (AvgIpc) is 2.97. The lowest BCUT2D eigenvalue weighted by atomic mass is 9.90. The van der Waals surface area contributed by atoms with Gasteiger partial charge in [0.25, 0.3) is 5.91 Å². The minimum Gasteiger partial charge on any atom is -0.495 e. The summed E-state index contributed by atoms with van der Waals surface area (Å²) in [4.78, 5) is 25.3. The molecule has 2 rings (SSSR count). The molecule has 8 nitrogen and oxygen atoms in total. The topological polar surface area (TPSA) is 104 Å². The van der Waals surface area contributed by atoms with Crippen molar-refractivity contribution in [2.75, 3.05) is 34.3 Å². The summed E-state index contributed by atoms with van der Waals surface area (Å²) in [5.41, 5.74) is -0.809. The molecule has 1 aromatic carbocycles. The molecule has 138 valence electrons. The van der Waals surface area contributed by atoms with E-state index in [0.29, 0.717) is 13.0 Å². The van der Waals surface area contributed by atoms with Crippen molar-refractivity contribution in [1.82, 2.24) is 9.21 Å². The van der Waals surface area contributed by atoms with Crippen LogP contribution in [-0.4, -0.2) is 68.9 Å². The fourth-order valence-electron chi connectivity index (χ4n) is 2.70. The number of hydrogen-bond donors (Lipinski definition) is 1. The first-order chi connectivity index (χ1) is 11.5. The molecule has 1 fully saturated rings. The highest BCUT2D eigenvalue weighted by Crippen LogP contribution is 2.32. The van der Waals surface area contributed by atoms with Crippen molar-refractivity contribution in [1.29, 1.82) is 0 Å². The van der Waals surface area contributed by atoms with E-state index in [2.05, 4.69) is 0 Å². The van der Waals surface area contributed by atoms with E-state index in [1.54, 1.807) is 6.92 Å². The quantitative estimate of drug-likeness (QED) is 0.825. The molecule has 1 N–H and O–H groups in total. The highest BCUT2D eigenvalue weighted by Gasteiger charge is 2.42. The van der Waals surface area contributed by atoms with Gasteiger partial charge in [-0.3, -0.25) is 9.59 Å². The molecule has 0 bridgehead atoms. The first kappa shape index (κ1) is 19.2. The number of aliphatic carboxylic acids is 1. The molecule has 9 heteroatoms. The molecular weight excluding hydrogens is 348 g/mol. The second-order valence-corrected chi connectivity index (χ2v) is 8.62. The fourth-order valence-corrected chi connectivity index (χ4v) is 3.77. The number of hydrogen-bond acceptors (Lipinski definition) is 5. The van der Waals surface area contributed by atoms with Gasteiger partial charge in [-0.2, -0.15) is 0 Å². The second kappa shape index (κ2) is 6.64. The monoisotopic (exact) mass is 370 g/mol. The third kappa shape index (κ3) is 3.47. The molecule has 1 heterocycles. The molecular formula is C16H22N2O6S. The van der Waals surface area contributed by atoms with Crippen molar-refractivity contribution in [3.05, 3.63) is 23.8 Å². The number of rotatable bonds is 5. The molecule has 1 amide bonds. The van der Waals surface area contributed by atoms with Crippen molar-refractivity contribution in [2.45, 2.75) is 18.2 Å². The number of methoxy groups -OCH3 is 1. The fraction of sp³-hybridized carbons (Fsp3) is 0.500. The molecule has 0 spiro atoms. The Bertz CT molecular complexity index is 805. The minimum atomic E-state index is -3.79. The van der Waals surface area contributed by atoms with Gasteiger partial charge >= 0.3 is 5.97 Å². The van der Waals surface area contributed by atoms with E-state index in [9.17, 15) is 23.1 Å². The highest BCUT2D eigenvalue weighted by molar-refractivity contribution is 7.89. The van der Waals surface area contributed by atoms with Crippen LogP contribution in [0.15, 0.2) is 23.1 Å². The van der Waals surface area contributed by atoms with Crippen LogP contribution in [0.4, 0.5) is 0 Å². The number of sulfonamides is 1. The number of benzene rings is 1. The van der Waals surface area contributed by atoms with E-state index in [4.69, 9.17) is 4.74 Å². The van der Waals surface area contributed by atoms with Crippen LogP contribution in [0.3, 0.4) is 0 Å².